The predicted octanol–water partition coefficient (Wildman–Crippen LogP) is 6.85. The zero-order chi connectivity index (χ0) is 25.5. The van der Waals surface area contributed by atoms with Gasteiger partial charge in [0.05, 0.1) is 11.5 Å². The predicted molar refractivity (Wildman–Crippen MR) is 119 cm³/mol. The lowest BCUT2D eigenvalue weighted by atomic mass is 10.00. The van der Waals surface area contributed by atoms with Crippen LogP contribution in [0.3, 0.4) is 0 Å². The minimum Gasteiger partial charge on any atom is -0.487 e. The summed E-state index contributed by atoms with van der Waals surface area (Å²) in [5.41, 5.74) is -0.333. The monoisotopic (exact) mass is 472 g/mol. The summed E-state index contributed by atoms with van der Waals surface area (Å²) in [5.74, 6) is -6.99. The van der Waals surface area contributed by atoms with Gasteiger partial charge in [0.25, 0.3) is 0 Å². The standard InChI is InChI=1S/C21H20F4O4.2C2H6/c1-10(20(26)27)4-11-5-15(23)19(16(24)6-11)28-9-13-17(25)14(22)7-12-8-21(2,3)29-18(12)13;2*1-2/h5-7,10H,4,8-9H2,1-3H3,(H,26,27);2*1-2H3. The van der Waals surface area contributed by atoms with Gasteiger partial charge in [0.1, 0.15) is 18.0 Å². The molecular weight excluding hydrogens is 440 g/mol. The van der Waals surface area contributed by atoms with Gasteiger partial charge >= 0.3 is 5.97 Å². The van der Waals surface area contributed by atoms with E-state index in [4.69, 9.17) is 14.6 Å². The van der Waals surface area contributed by atoms with Gasteiger partial charge in [0.15, 0.2) is 29.0 Å². The van der Waals surface area contributed by atoms with Crippen molar-refractivity contribution in [1.29, 1.82) is 0 Å². The quantitative estimate of drug-likeness (QED) is 0.467. The fourth-order valence-corrected chi connectivity index (χ4v) is 3.33. The third kappa shape index (κ3) is 6.85. The highest BCUT2D eigenvalue weighted by atomic mass is 19.2. The van der Waals surface area contributed by atoms with Gasteiger partial charge in [-0.1, -0.05) is 34.6 Å². The first-order valence-corrected chi connectivity index (χ1v) is 11.0. The maximum Gasteiger partial charge on any atom is 0.306 e. The molecule has 0 amide bonds. The van der Waals surface area contributed by atoms with Crippen LogP contribution in [0.1, 0.15) is 65.2 Å². The van der Waals surface area contributed by atoms with E-state index in [0.29, 0.717) is 12.0 Å². The van der Waals surface area contributed by atoms with Crippen molar-refractivity contribution in [3.05, 3.63) is 58.2 Å². The van der Waals surface area contributed by atoms with Gasteiger partial charge in [0.2, 0.25) is 0 Å². The maximum atomic E-state index is 14.3. The van der Waals surface area contributed by atoms with Crippen LogP contribution in [-0.2, 0) is 24.2 Å². The van der Waals surface area contributed by atoms with Crippen molar-refractivity contribution in [3.8, 4) is 11.5 Å². The molecular formula is C25H32F4O4. The van der Waals surface area contributed by atoms with Crippen molar-refractivity contribution >= 4 is 5.97 Å². The minimum absolute atomic E-state index is 0.0710. The van der Waals surface area contributed by atoms with Crippen molar-refractivity contribution in [2.45, 2.75) is 73.5 Å². The van der Waals surface area contributed by atoms with Gasteiger partial charge < -0.3 is 14.6 Å². The highest BCUT2D eigenvalue weighted by Gasteiger charge is 2.35. The number of fused-ring (bicyclic) bond motifs is 1. The van der Waals surface area contributed by atoms with E-state index in [1.807, 2.05) is 27.7 Å². The molecule has 0 saturated heterocycles. The minimum atomic E-state index is -1.20. The Hall–Kier alpha value is -2.77. The second kappa shape index (κ2) is 11.9. The largest absolute Gasteiger partial charge is 0.487 e. The van der Waals surface area contributed by atoms with Crippen LogP contribution < -0.4 is 9.47 Å². The van der Waals surface area contributed by atoms with E-state index in [1.54, 1.807) is 13.8 Å². The molecule has 0 radical (unpaired) electrons. The lowest BCUT2D eigenvalue weighted by Gasteiger charge is -2.19. The molecule has 1 unspecified atom stereocenters. The van der Waals surface area contributed by atoms with E-state index in [2.05, 4.69) is 0 Å². The molecule has 1 aliphatic rings. The molecule has 0 aromatic heterocycles. The van der Waals surface area contributed by atoms with Crippen LogP contribution in [0.2, 0.25) is 0 Å². The average molecular weight is 473 g/mol. The van der Waals surface area contributed by atoms with Gasteiger partial charge in [-0.25, -0.2) is 17.6 Å². The zero-order valence-corrected chi connectivity index (χ0v) is 20.1. The SMILES string of the molecule is CC.CC.CC(Cc1cc(F)c(OCc2c(F)c(F)cc3c2OC(C)(C)C3)c(F)c1)C(=O)O. The summed E-state index contributed by atoms with van der Waals surface area (Å²) in [6.07, 6.45) is 0.282. The van der Waals surface area contributed by atoms with E-state index in [-0.39, 0.29) is 23.3 Å². The molecule has 2 aromatic rings. The normalized spacial score (nSPS) is 14.0. The fourth-order valence-electron chi connectivity index (χ4n) is 3.33. The molecule has 1 aliphatic heterocycles. The summed E-state index contributed by atoms with van der Waals surface area (Å²) in [5, 5.41) is 8.92. The second-order valence-corrected chi connectivity index (χ2v) is 7.80. The first kappa shape index (κ1) is 28.3. The van der Waals surface area contributed by atoms with E-state index >= 15 is 0 Å². The van der Waals surface area contributed by atoms with Crippen molar-refractivity contribution in [1.82, 2.24) is 0 Å². The van der Waals surface area contributed by atoms with Crippen LogP contribution in [0.5, 0.6) is 11.5 Å². The number of rotatable bonds is 6. The summed E-state index contributed by atoms with van der Waals surface area (Å²) in [7, 11) is 0. The summed E-state index contributed by atoms with van der Waals surface area (Å²) >= 11 is 0. The zero-order valence-electron chi connectivity index (χ0n) is 20.1. The Kier molecular flexibility index (Phi) is 10.2. The number of carboxylic acids is 1. The van der Waals surface area contributed by atoms with E-state index < -0.39 is 53.1 Å². The molecule has 0 bridgehead atoms. The van der Waals surface area contributed by atoms with Crippen molar-refractivity contribution in [3.63, 3.8) is 0 Å². The van der Waals surface area contributed by atoms with Gasteiger partial charge in [-0.2, -0.15) is 0 Å². The summed E-state index contributed by atoms with van der Waals surface area (Å²) < 4.78 is 67.7. The number of carboxylic acid groups (broad SMARTS) is 1. The highest BCUT2D eigenvalue weighted by molar-refractivity contribution is 5.69. The van der Waals surface area contributed by atoms with Crippen molar-refractivity contribution in [2.75, 3.05) is 0 Å². The summed E-state index contributed by atoms with van der Waals surface area (Å²) in [6.45, 7) is 12.3. The molecule has 0 fully saturated rings. The van der Waals surface area contributed by atoms with Crippen LogP contribution in [0, 0.1) is 29.2 Å². The number of benzene rings is 2. The molecule has 0 spiro atoms. The Bertz CT molecular complexity index is 950. The van der Waals surface area contributed by atoms with Gasteiger partial charge in [0, 0.05) is 12.0 Å². The maximum absolute atomic E-state index is 14.3. The Morgan fingerprint density at radius 1 is 1.06 bits per heavy atom. The lowest BCUT2D eigenvalue weighted by molar-refractivity contribution is -0.141. The number of aliphatic carboxylic acids is 1. The average Bonchev–Trinajstić information content (AvgIpc) is 3.06. The third-order valence-corrected chi connectivity index (χ3v) is 4.72. The highest BCUT2D eigenvalue weighted by Crippen LogP contribution is 2.40. The third-order valence-electron chi connectivity index (χ3n) is 4.72. The fraction of sp³-hybridized carbons (Fsp3) is 0.480. The molecule has 184 valence electrons. The Morgan fingerprint density at radius 3 is 2.12 bits per heavy atom. The van der Waals surface area contributed by atoms with Crippen LogP contribution in [0.25, 0.3) is 0 Å². The summed E-state index contributed by atoms with van der Waals surface area (Å²) in [6, 6.07) is 2.97. The molecule has 1 N–H and O–H groups in total. The molecule has 3 rings (SSSR count). The molecule has 0 aliphatic carbocycles. The smallest absolute Gasteiger partial charge is 0.306 e. The molecule has 1 heterocycles. The molecule has 1 atom stereocenters. The van der Waals surface area contributed by atoms with E-state index in [9.17, 15) is 22.4 Å². The molecule has 8 heteroatoms. The van der Waals surface area contributed by atoms with E-state index in [0.717, 1.165) is 18.2 Å². The number of hydrogen-bond acceptors (Lipinski definition) is 3. The second-order valence-electron chi connectivity index (χ2n) is 7.80. The lowest BCUT2D eigenvalue weighted by Crippen LogP contribution is -2.25. The van der Waals surface area contributed by atoms with Crippen LogP contribution in [0.4, 0.5) is 17.6 Å². The van der Waals surface area contributed by atoms with E-state index in [1.165, 1.54) is 6.92 Å². The first-order valence-electron chi connectivity index (χ1n) is 11.0. The molecule has 0 saturated carbocycles. The first-order chi connectivity index (χ1) is 15.5. The van der Waals surface area contributed by atoms with Gasteiger partial charge in [-0.3, -0.25) is 4.79 Å². The van der Waals surface area contributed by atoms with Crippen LogP contribution in [0.15, 0.2) is 18.2 Å². The Morgan fingerprint density at radius 2 is 1.61 bits per heavy atom. The van der Waals surface area contributed by atoms with Crippen molar-refractivity contribution in [2.24, 2.45) is 5.92 Å². The molecule has 4 nitrogen and oxygen atoms in total. The Labute approximate surface area is 192 Å². The summed E-state index contributed by atoms with van der Waals surface area (Å²) in [4.78, 5) is 10.9. The van der Waals surface area contributed by atoms with Gasteiger partial charge in [-0.15, -0.1) is 0 Å². The van der Waals surface area contributed by atoms with Crippen molar-refractivity contribution < 1.29 is 36.9 Å². The van der Waals surface area contributed by atoms with Gasteiger partial charge in [-0.05, 0) is 44.0 Å². The number of halogens is 4. The number of ether oxygens (including phenoxy) is 2. The van der Waals surface area contributed by atoms with Crippen LogP contribution >= 0.6 is 0 Å². The molecule has 33 heavy (non-hydrogen) atoms. The number of hydrogen-bond donors (Lipinski definition) is 1. The Balaban J connectivity index is 0.00000129. The topological polar surface area (TPSA) is 55.8 Å². The number of carbonyl (C=O) groups is 1. The van der Waals surface area contributed by atoms with Crippen LogP contribution in [-0.4, -0.2) is 16.7 Å². The molecule has 2 aromatic carbocycles.